The summed E-state index contributed by atoms with van der Waals surface area (Å²) in [5, 5.41) is 6.42. The van der Waals surface area contributed by atoms with Gasteiger partial charge in [0.2, 0.25) is 5.91 Å². The minimum Gasteiger partial charge on any atom is -0.344 e. The summed E-state index contributed by atoms with van der Waals surface area (Å²) in [6.07, 6.45) is 9.10. The highest BCUT2D eigenvalue weighted by atomic mass is 32.1. The summed E-state index contributed by atoms with van der Waals surface area (Å²) in [6, 6.07) is 0. The summed E-state index contributed by atoms with van der Waals surface area (Å²) in [7, 11) is 1.96. The van der Waals surface area contributed by atoms with Crippen LogP contribution in [0.1, 0.15) is 48.5 Å². The normalized spacial score (nSPS) is 16.8. The van der Waals surface area contributed by atoms with E-state index < -0.39 is 0 Å². The Morgan fingerprint density at radius 2 is 2.23 bits per heavy atom. The molecule has 5 nitrogen and oxygen atoms in total. The Balaban J connectivity index is 1.66. The van der Waals surface area contributed by atoms with Crippen LogP contribution in [0.4, 0.5) is 0 Å². The summed E-state index contributed by atoms with van der Waals surface area (Å²) in [5.41, 5.74) is 1.89. The maximum Gasteiger partial charge on any atom is 0.221 e. The molecule has 1 saturated carbocycles. The number of imidazole rings is 1. The van der Waals surface area contributed by atoms with Crippen molar-refractivity contribution in [2.45, 2.75) is 51.0 Å². The lowest BCUT2D eigenvalue weighted by molar-refractivity contribution is -0.123. The molecule has 1 aliphatic rings. The second kappa shape index (κ2) is 6.20. The molecule has 1 fully saturated rings. The van der Waals surface area contributed by atoms with Crippen molar-refractivity contribution >= 4 is 17.2 Å². The fourth-order valence-corrected chi connectivity index (χ4v) is 4.15. The maximum atomic E-state index is 12.4. The Bertz CT molecular complexity index is 655. The highest BCUT2D eigenvalue weighted by Crippen LogP contribution is 2.40. The van der Waals surface area contributed by atoms with E-state index in [1.807, 2.05) is 24.7 Å². The Hall–Kier alpha value is -1.69. The summed E-state index contributed by atoms with van der Waals surface area (Å²) < 4.78 is 1.96. The molecule has 1 aliphatic carbocycles. The van der Waals surface area contributed by atoms with E-state index in [4.69, 9.17) is 0 Å². The summed E-state index contributed by atoms with van der Waals surface area (Å²) in [6.45, 7) is 2.01. The Morgan fingerprint density at radius 3 is 2.82 bits per heavy atom. The van der Waals surface area contributed by atoms with Gasteiger partial charge in [0.05, 0.1) is 11.9 Å². The largest absolute Gasteiger partial charge is 0.344 e. The molecule has 2 aromatic rings. The van der Waals surface area contributed by atoms with Crippen molar-refractivity contribution in [1.82, 2.24) is 19.9 Å². The molecule has 1 N–H and O–H groups in total. The van der Waals surface area contributed by atoms with Crippen LogP contribution in [0.15, 0.2) is 17.9 Å². The van der Waals surface area contributed by atoms with Gasteiger partial charge in [-0.3, -0.25) is 4.79 Å². The molecule has 0 aromatic carbocycles. The molecule has 1 amide bonds. The zero-order chi connectivity index (χ0) is 15.6. The van der Waals surface area contributed by atoms with Gasteiger partial charge in [-0.2, -0.15) is 0 Å². The van der Waals surface area contributed by atoms with E-state index in [0.717, 1.165) is 48.5 Å². The van der Waals surface area contributed by atoms with Gasteiger partial charge in [0.25, 0.3) is 0 Å². The minimum atomic E-state index is -0.234. The van der Waals surface area contributed by atoms with E-state index in [1.54, 1.807) is 17.7 Å². The molecule has 2 heterocycles. The number of nitrogens with one attached hydrogen (secondary N) is 1. The predicted molar refractivity (Wildman–Crippen MR) is 86.7 cm³/mol. The quantitative estimate of drug-likeness (QED) is 0.922. The molecular formula is C16H22N4OS. The molecule has 3 rings (SSSR count). The molecule has 0 spiro atoms. The number of amides is 1. The van der Waals surface area contributed by atoms with Crippen LogP contribution in [0.2, 0.25) is 0 Å². The number of hydrogen-bond donors (Lipinski definition) is 1. The SMILES string of the molecule is Cc1csc(C2(NC(=O)CCc3cncn3C)CCCC2)n1. The lowest BCUT2D eigenvalue weighted by atomic mass is 9.98. The van der Waals surface area contributed by atoms with Gasteiger partial charge in [0.15, 0.2) is 0 Å². The molecule has 6 heteroatoms. The summed E-state index contributed by atoms with van der Waals surface area (Å²) in [5.74, 6) is 0.107. The third kappa shape index (κ3) is 3.06. The van der Waals surface area contributed by atoms with Crippen LogP contribution in [0.25, 0.3) is 0 Å². The van der Waals surface area contributed by atoms with Crippen molar-refractivity contribution < 1.29 is 4.79 Å². The van der Waals surface area contributed by atoms with E-state index in [0.29, 0.717) is 6.42 Å². The molecule has 2 aromatic heterocycles. The molecule has 0 aliphatic heterocycles. The van der Waals surface area contributed by atoms with E-state index in [1.165, 1.54) is 0 Å². The first-order valence-electron chi connectivity index (χ1n) is 7.78. The van der Waals surface area contributed by atoms with Gasteiger partial charge in [0.1, 0.15) is 5.01 Å². The maximum absolute atomic E-state index is 12.4. The number of aromatic nitrogens is 3. The van der Waals surface area contributed by atoms with Crippen molar-refractivity contribution in [3.63, 3.8) is 0 Å². The van der Waals surface area contributed by atoms with E-state index >= 15 is 0 Å². The standard InChI is InChI=1S/C16H22N4OS/c1-12-10-22-15(18-12)16(7-3-4-8-16)19-14(21)6-5-13-9-17-11-20(13)2/h9-11H,3-8H2,1-2H3,(H,19,21). The van der Waals surface area contributed by atoms with Crippen molar-refractivity contribution in [3.05, 3.63) is 34.3 Å². The molecular weight excluding hydrogens is 296 g/mol. The molecule has 0 atom stereocenters. The lowest BCUT2D eigenvalue weighted by Gasteiger charge is -2.28. The van der Waals surface area contributed by atoms with Gasteiger partial charge in [-0.1, -0.05) is 12.8 Å². The Morgan fingerprint density at radius 1 is 1.45 bits per heavy atom. The average molecular weight is 318 g/mol. The number of carbonyl (C=O) groups excluding carboxylic acids is 1. The molecule has 118 valence electrons. The second-order valence-electron chi connectivity index (χ2n) is 6.13. The average Bonchev–Trinajstić information content (AvgIpc) is 3.19. The highest BCUT2D eigenvalue weighted by molar-refractivity contribution is 7.09. The topological polar surface area (TPSA) is 59.8 Å². The zero-order valence-corrected chi connectivity index (χ0v) is 13.9. The minimum absolute atomic E-state index is 0.107. The lowest BCUT2D eigenvalue weighted by Crippen LogP contribution is -2.43. The third-order valence-corrected chi connectivity index (χ3v) is 5.55. The number of rotatable bonds is 5. The second-order valence-corrected chi connectivity index (χ2v) is 6.99. The smallest absolute Gasteiger partial charge is 0.221 e. The molecule has 0 unspecified atom stereocenters. The van der Waals surface area contributed by atoms with Gasteiger partial charge >= 0.3 is 0 Å². The van der Waals surface area contributed by atoms with Crippen molar-refractivity contribution in [1.29, 1.82) is 0 Å². The first kappa shape index (κ1) is 15.2. The van der Waals surface area contributed by atoms with Crippen LogP contribution in [0, 0.1) is 6.92 Å². The number of carbonyl (C=O) groups is 1. The molecule has 22 heavy (non-hydrogen) atoms. The summed E-state index contributed by atoms with van der Waals surface area (Å²) in [4.78, 5) is 21.1. The number of aryl methyl sites for hydroxylation is 3. The van der Waals surface area contributed by atoms with Crippen molar-refractivity contribution in [2.24, 2.45) is 7.05 Å². The van der Waals surface area contributed by atoms with E-state index in [2.05, 4.69) is 20.7 Å². The van der Waals surface area contributed by atoms with Crippen LogP contribution in [0.3, 0.4) is 0 Å². The molecule has 0 saturated heterocycles. The first-order chi connectivity index (χ1) is 10.6. The zero-order valence-electron chi connectivity index (χ0n) is 13.1. The van der Waals surface area contributed by atoms with Crippen molar-refractivity contribution in [3.8, 4) is 0 Å². The van der Waals surface area contributed by atoms with Gasteiger partial charge in [-0.25, -0.2) is 9.97 Å². The van der Waals surface area contributed by atoms with Crippen molar-refractivity contribution in [2.75, 3.05) is 0 Å². The fourth-order valence-electron chi connectivity index (χ4n) is 3.14. The highest BCUT2D eigenvalue weighted by Gasteiger charge is 2.39. The predicted octanol–water partition coefficient (Wildman–Crippen LogP) is 2.70. The monoisotopic (exact) mass is 318 g/mol. The molecule has 0 radical (unpaired) electrons. The van der Waals surface area contributed by atoms with Gasteiger partial charge in [-0.05, 0) is 26.2 Å². The van der Waals surface area contributed by atoms with E-state index in [-0.39, 0.29) is 11.4 Å². The number of hydrogen-bond acceptors (Lipinski definition) is 4. The Kier molecular flexibility index (Phi) is 4.29. The Labute approximate surface area is 134 Å². The van der Waals surface area contributed by atoms with Gasteiger partial charge in [0, 0.05) is 36.4 Å². The van der Waals surface area contributed by atoms with E-state index in [9.17, 15) is 4.79 Å². The molecule has 0 bridgehead atoms. The number of thiazole rings is 1. The first-order valence-corrected chi connectivity index (χ1v) is 8.66. The van der Waals surface area contributed by atoms with Crippen LogP contribution in [-0.4, -0.2) is 20.4 Å². The van der Waals surface area contributed by atoms with Gasteiger partial charge in [-0.15, -0.1) is 11.3 Å². The third-order valence-electron chi connectivity index (χ3n) is 4.39. The summed E-state index contributed by atoms with van der Waals surface area (Å²) >= 11 is 1.67. The van der Waals surface area contributed by atoms with Crippen LogP contribution in [0.5, 0.6) is 0 Å². The fraction of sp³-hybridized carbons (Fsp3) is 0.562. The van der Waals surface area contributed by atoms with Crippen LogP contribution < -0.4 is 5.32 Å². The number of nitrogens with zero attached hydrogens (tertiary/aromatic N) is 3. The van der Waals surface area contributed by atoms with Crippen LogP contribution in [-0.2, 0) is 23.8 Å². The van der Waals surface area contributed by atoms with Gasteiger partial charge < -0.3 is 9.88 Å². The van der Waals surface area contributed by atoms with Crippen LogP contribution >= 0.6 is 11.3 Å².